The van der Waals surface area contributed by atoms with Gasteiger partial charge in [-0.1, -0.05) is 20.8 Å². The zero-order valence-electron chi connectivity index (χ0n) is 12.7. The Morgan fingerprint density at radius 3 is 2.71 bits per heavy atom. The topological polar surface area (TPSA) is 55.1 Å². The predicted octanol–water partition coefficient (Wildman–Crippen LogP) is 3.66. The largest absolute Gasteiger partial charge is 0.359 e. The van der Waals surface area contributed by atoms with E-state index in [0.29, 0.717) is 0 Å². The summed E-state index contributed by atoms with van der Waals surface area (Å²) in [6.45, 7) is 8.57. The van der Waals surface area contributed by atoms with Crippen molar-refractivity contribution < 1.29 is 0 Å². The summed E-state index contributed by atoms with van der Waals surface area (Å²) in [6.07, 6.45) is 5.47. The highest BCUT2D eigenvalue weighted by Gasteiger charge is 2.19. The summed E-state index contributed by atoms with van der Waals surface area (Å²) in [5.41, 5.74) is 2.07. The minimum absolute atomic E-state index is 0.0181. The maximum absolute atomic E-state index is 4.64. The third kappa shape index (κ3) is 2.76. The van der Waals surface area contributed by atoms with Gasteiger partial charge in [-0.15, -0.1) is 11.3 Å². The Balaban J connectivity index is 1.97. The van der Waals surface area contributed by atoms with Crippen molar-refractivity contribution in [3.63, 3.8) is 0 Å². The monoisotopic (exact) mass is 301 g/mol. The van der Waals surface area contributed by atoms with E-state index >= 15 is 0 Å². The van der Waals surface area contributed by atoms with Gasteiger partial charge in [-0.05, 0) is 13.0 Å². The number of rotatable bonds is 3. The molecule has 3 aromatic heterocycles. The van der Waals surface area contributed by atoms with E-state index < -0.39 is 0 Å². The third-order valence-corrected chi connectivity index (χ3v) is 4.29. The number of aromatic nitrogens is 4. The zero-order chi connectivity index (χ0) is 15.0. The van der Waals surface area contributed by atoms with Crippen molar-refractivity contribution in [2.75, 3.05) is 5.32 Å². The second-order valence-corrected chi connectivity index (χ2v) is 7.05. The van der Waals surface area contributed by atoms with Crippen LogP contribution in [0, 0.1) is 0 Å². The molecule has 1 atom stereocenters. The number of nitrogens with zero attached hydrogens (tertiary/aromatic N) is 4. The fraction of sp³-hybridized carbons (Fsp3) is 0.400. The molecule has 0 fully saturated rings. The van der Waals surface area contributed by atoms with Gasteiger partial charge >= 0.3 is 0 Å². The predicted molar refractivity (Wildman–Crippen MR) is 85.8 cm³/mol. The normalized spacial score (nSPS) is 13.5. The highest BCUT2D eigenvalue weighted by atomic mass is 32.1. The summed E-state index contributed by atoms with van der Waals surface area (Å²) >= 11 is 1.64. The number of anilines is 1. The number of nitrogens with one attached hydrogen (secondary N) is 1. The lowest BCUT2D eigenvalue weighted by Crippen LogP contribution is -2.11. The summed E-state index contributed by atoms with van der Waals surface area (Å²) in [4.78, 5) is 8.80. The Bertz CT molecular complexity index is 739. The molecule has 110 valence electrons. The molecule has 0 aliphatic heterocycles. The Morgan fingerprint density at radius 2 is 2.05 bits per heavy atom. The van der Waals surface area contributed by atoms with Gasteiger partial charge < -0.3 is 5.32 Å². The molecule has 0 aliphatic rings. The van der Waals surface area contributed by atoms with Crippen LogP contribution in [0.5, 0.6) is 0 Å². The summed E-state index contributed by atoms with van der Waals surface area (Å²) in [5, 5.41) is 11.1. The minimum Gasteiger partial charge on any atom is -0.359 e. The van der Waals surface area contributed by atoms with Gasteiger partial charge in [-0.3, -0.25) is 0 Å². The van der Waals surface area contributed by atoms with Crippen LogP contribution in [0.1, 0.15) is 44.4 Å². The molecule has 0 aromatic carbocycles. The van der Waals surface area contributed by atoms with E-state index in [1.807, 2.05) is 22.3 Å². The molecule has 3 aromatic rings. The van der Waals surface area contributed by atoms with Crippen LogP contribution in [0.4, 0.5) is 5.82 Å². The van der Waals surface area contributed by atoms with Crippen LogP contribution in [0.15, 0.2) is 30.0 Å². The molecule has 6 heteroatoms. The zero-order valence-corrected chi connectivity index (χ0v) is 13.5. The van der Waals surface area contributed by atoms with Crippen molar-refractivity contribution in [3.05, 3.63) is 40.7 Å². The first-order valence-corrected chi connectivity index (χ1v) is 7.84. The Labute approximate surface area is 128 Å². The summed E-state index contributed by atoms with van der Waals surface area (Å²) < 4.78 is 1.88. The number of hydrogen-bond acceptors (Lipinski definition) is 5. The molecule has 3 rings (SSSR count). The molecule has 0 radical (unpaired) electrons. The first-order valence-electron chi connectivity index (χ1n) is 6.96. The first kappa shape index (κ1) is 14.0. The molecule has 0 bridgehead atoms. The van der Waals surface area contributed by atoms with Crippen LogP contribution >= 0.6 is 11.3 Å². The van der Waals surface area contributed by atoms with Gasteiger partial charge in [0.25, 0.3) is 0 Å². The molecular formula is C15H19N5S. The van der Waals surface area contributed by atoms with Gasteiger partial charge in [-0.2, -0.15) is 5.10 Å². The second kappa shape index (κ2) is 5.11. The first-order chi connectivity index (χ1) is 9.95. The summed E-state index contributed by atoms with van der Waals surface area (Å²) in [5.74, 6) is 0.836. The van der Waals surface area contributed by atoms with Crippen molar-refractivity contribution in [3.8, 4) is 0 Å². The van der Waals surface area contributed by atoms with Crippen molar-refractivity contribution in [2.45, 2.75) is 39.2 Å². The lowest BCUT2D eigenvalue weighted by atomic mass is 9.92. The standard InChI is InChI=1S/C15H19N5S/c1-10(14-17-6-8-21-14)18-13-11-9-12(15(2,3)4)19-20(11)7-5-16-13/h5-10H,1-4H3,(H,16,18). The van der Waals surface area contributed by atoms with E-state index in [0.717, 1.165) is 22.0 Å². The van der Waals surface area contributed by atoms with Crippen LogP contribution < -0.4 is 5.32 Å². The van der Waals surface area contributed by atoms with E-state index in [2.05, 4.69) is 54.1 Å². The molecule has 0 saturated heterocycles. The van der Waals surface area contributed by atoms with Gasteiger partial charge in [-0.25, -0.2) is 14.5 Å². The van der Waals surface area contributed by atoms with E-state index in [9.17, 15) is 0 Å². The lowest BCUT2D eigenvalue weighted by molar-refractivity contribution is 0.562. The van der Waals surface area contributed by atoms with Crippen molar-refractivity contribution in [2.24, 2.45) is 0 Å². The molecular weight excluding hydrogens is 282 g/mol. The van der Waals surface area contributed by atoms with Gasteiger partial charge in [0.1, 0.15) is 10.5 Å². The Morgan fingerprint density at radius 1 is 1.24 bits per heavy atom. The number of thiazole rings is 1. The van der Waals surface area contributed by atoms with E-state index in [1.54, 1.807) is 17.5 Å². The van der Waals surface area contributed by atoms with Crippen LogP contribution in [0.2, 0.25) is 0 Å². The van der Waals surface area contributed by atoms with Gasteiger partial charge in [0.2, 0.25) is 0 Å². The minimum atomic E-state index is 0.0181. The molecule has 5 nitrogen and oxygen atoms in total. The molecule has 21 heavy (non-hydrogen) atoms. The van der Waals surface area contributed by atoms with Gasteiger partial charge in [0.15, 0.2) is 5.82 Å². The average molecular weight is 301 g/mol. The fourth-order valence-corrected chi connectivity index (χ4v) is 2.76. The second-order valence-electron chi connectivity index (χ2n) is 6.12. The van der Waals surface area contributed by atoms with Gasteiger partial charge in [0, 0.05) is 29.4 Å². The SMILES string of the molecule is CC(Nc1nccn2nc(C(C)(C)C)cc12)c1nccs1. The molecule has 0 aliphatic carbocycles. The molecule has 3 heterocycles. The molecule has 0 spiro atoms. The van der Waals surface area contributed by atoms with Crippen molar-refractivity contribution >= 4 is 22.7 Å². The fourth-order valence-electron chi connectivity index (χ4n) is 2.11. The van der Waals surface area contributed by atoms with Crippen molar-refractivity contribution in [1.82, 2.24) is 19.6 Å². The van der Waals surface area contributed by atoms with E-state index in [4.69, 9.17) is 0 Å². The average Bonchev–Trinajstić information content (AvgIpc) is 3.07. The highest BCUT2D eigenvalue weighted by Crippen LogP contribution is 2.26. The maximum atomic E-state index is 4.64. The van der Waals surface area contributed by atoms with Crippen LogP contribution in [0.3, 0.4) is 0 Å². The molecule has 1 unspecified atom stereocenters. The summed E-state index contributed by atoms with van der Waals surface area (Å²) in [6, 6.07) is 2.22. The smallest absolute Gasteiger partial charge is 0.152 e. The molecule has 0 saturated carbocycles. The Hall–Kier alpha value is -1.95. The highest BCUT2D eigenvalue weighted by molar-refractivity contribution is 7.09. The molecule has 0 amide bonds. The van der Waals surface area contributed by atoms with E-state index in [1.165, 1.54) is 0 Å². The summed E-state index contributed by atoms with van der Waals surface area (Å²) in [7, 11) is 0. The lowest BCUT2D eigenvalue weighted by Gasteiger charge is -2.13. The van der Waals surface area contributed by atoms with Crippen molar-refractivity contribution in [1.29, 1.82) is 0 Å². The number of fused-ring (bicyclic) bond motifs is 1. The van der Waals surface area contributed by atoms with E-state index in [-0.39, 0.29) is 11.5 Å². The maximum Gasteiger partial charge on any atom is 0.152 e. The van der Waals surface area contributed by atoms with Crippen LogP contribution in [-0.4, -0.2) is 19.6 Å². The van der Waals surface area contributed by atoms with Crippen LogP contribution in [-0.2, 0) is 5.41 Å². The van der Waals surface area contributed by atoms with Crippen LogP contribution in [0.25, 0.3) is 5.52 Å². The quantitative estimate of drug-likeness (QED) is 0.802. The number of hydrogen-bond donors (Lipinski definition) is 1. The Kier molecular flexibility index (Phi) is 3.41. The molecule has 1 N–H and O–H groups in total. The third-order valence-electron chi connectivity index (χ3n) is 3.33. The van der Waals surface area contributed by atoms with Gasteiger partial charge in [0.05, 0.1) is 11.7 Å².